The van der Waals surface area contributed by atoms with Crippen molar-refractivity contribution in [1.29, 1.82) is 0 Å². The molecule has 0 bridgehead atoms. The van der Waals surface area contributed by atoms with Crippen LogP contribution >= 0.6 is 23.2 Å². The minimum absolute atomic E-state index is 0.0437. The van der Waals surface area contributed by atoms with Crippen molar-refractivity contribution in [2.75, 3.05) is 6.54 Å². The Bertz CT molecular complexity index is 627. The van der Waals surface area contributed by atoms with Gasteiger partial charge in [-0.05, 0) is 25.0 Å². The van der Waals surface area contributed by atoms with Gasteiger partial charge in [-0.15, -0.1) is 0 Å². The second kappa shape index (κ2) is 6.52. The fraction of sp³-hybridized carbons (Fsp3) is 0.462. The predicted molar refractivity (Wildman–Crippen MR) is 80.2 cm³/mol. The second-order valence-corrected chi connectivity index (χ2v) is 7.56. The van der Waals surface area contributed by atoms with Crippen LogP contribution in [0.3, 0.4) is 0 Å². The van der Waals surface area contributed by atoms with Crippen LogP contribution in [0.5, 0.6) is 0 Å². The number of halogens is 2. The van der Waals surface area contributed by atoms with Gasteiger partial charge in [-0.2, -0.15) is 4.31 Å². The first kappa shape index (κ1) is 16.5. The molecule has 1 aromatic rings. The third-order valence-electron chi connectivity index (χ3n) is 3.47. The summed E-state index contributed by atoms with van der Waals surface area (Å²) in [7, 11) is -3.91. The number of rotatable bonds is 4. The van der Waals surface area contributed by atoms with Crippen LogP contribution in [0.15, 0.2) is 23.1 Å². The van der Waals surface area contributed by atoms with Crippen molar-refractivity contribution in [3.63, 3.8) is 0 Å². The zero-order chi connectivity index (χ0) is 15.6. The van der Waals surface area contributed by atoms with Crippen LogP contribution in [-0.4, -0.2) is 36.4 Å². The smallest absolute Gasteiger partial charge is 0.304 e. The quantitative estimate of drug-likeness (QED) is 0.904. The first-order chi connectivity index (χ1) is 9.84. The van der Waals surface area contributed by atoms with Crippen LogP contribution in [0, 0.1) is 0 Å². The first-order valence-corrected chi connectivity index (χ1v) is 8.71. The summed E-state index contributed by atoms with van der Waals surface area (Å²) in [6.07, 6.45) is 1.80. The summed E-state index contributed by atoms with van der Waals surface area (Å²) in [5.74, 6) is -1.02. The van der Waals surface area contributed by atoms with Crippen LogP contribution in [0.4, 0.5) is 0 Å². The van der Waals surface area contributed by atoms with E-state index >= 15 is 0 Å². The standard InChI is InChI=1S/C13H15Cl2NO4S/c14-10-5-3-6-11(15)13(10)21(19,20)16-7-2-1-4-9(16)8-12(17)18/h3,5-6,9H,1-2,4,7-8H2,(H,17,18). The Labute approximate surface area is 133 Å². The van der Waals surface area contributed by atoms with E-state index in [9.17, 15) is 13.2 Å². The van der Waals surface area contributed by atoms with E-state index in [1.807, 2.05) is 0 Å². The Kier molecular flexibility index (Phi) is 5.14. The third-order valence-corrected chi connectivity index (χ3v) is 6.38. The maximum atomic E-state index is 12.8. The summed E-state index contributed by atoms with van der Waals surface area (Å²) in [6, 6.07) is 3.91. The molecular formula is C13H15Cl2NO4S. The summed E-state index contributed by atoms with van der Waals surface area (Å²) < 4.78 is 26.8. The number of carbonyl (C=O) groups is 1. The largest absolute Gasteiger partial charge is 0.481 e. The lowest BCUT2D eigenvalue weighted by atomic mass is 10.0. The number of aliphatic carboxylic acids is 1. The number of hydrogen-bond acceptors (Lipinski definition) is 3. The second-order valence-electron chi connectivity index (χ2n) is 4.91. The van der Waals surface area contributed by atoms with Crippen molar-refractivity contribution in [1.82, 2.24) is 4.31 Å². The summed E-state index contributed by atoms with van der Waals surface area (Å²) in [4.78, 5) is 10.8. The van der Waals surface area contributed by atoms with Crippen LogP contribution in [0.1, 0.15) is 25.7 Å². The highest BCUT2D eigenvalue weighted by atomic mass is 35.5. The minimum Gasteiger partial charge on any atom is -0.481 e. The molecule has 8 heteroatoms. The van der Waals surface area contributed by atoms with E-state index in [4.69, 9.17) is 28.3 Å². The van der Waals surface area contributed by atoms with Gasteiger partial charge in [0.2, 0.25) is 10.0 Å². The van der Waals surface area contributed by atoms with Gasteiger partial charge in [0.15, 0.2) is 0 Å². The van der Waals surface area contributed by atoms with E-state index in [1.54, 1.807) is 6.07 Å². The molecule has 0 radical (unpaired) electrons. The topological polar surface area (TPSA) is 74.7 Å². The highest BCUT2D eigenvalue weighted by Gasteiger charge is 2.36. The maximum Gasteiger partial charge on any atom is 0.304 e. The summed E-state index contributed by atoms with van der Waals surface area (Å²) >= 11 is 12.0. The van der Waals surface area contributed by atoms with Crippen molar-refractivity contribution in [3.8, 4) is 0 Å². The van der Waals surface area contributed by atoms with Crippen molar-refractivity contribution in [2.24, 2.45) is 0 Å². The zero-order valence-electron chi connectivity index (χ0n) is 11.1. The Hall–Kier alpha value is -0.820. The fourth-order valence-corrected chi connectivity index (χ4v) is 5.33. The number of sulfonamides is 1. The van der Waals surface area contributed by atoms with E-state index < -0.39 is 22.0 Å². The van der Waals surface area contributed by atoms with E-state index in [-0.39, 0.29) is 27.9 Å². The van der Waals surface area contributed by atoms with Gasteiger partial charge in [-0.25, -0.2) is 8.42 Å². The molecule has 1 aliphatic rings. The molecule has 0 amide bonds. The number of benzene rings is 1. The fourth-order valence-electron chi connectivity index (χ4n) is 2.54. The van der Waals surface area contributed by atoms with Gasteiger partial charge in [0.1, 0.15) is 4.90 Å². The molecule has 5 nitrogen and oxygen atoms in total. The van der Waals surface area contributed by atoms with Crippen molar-refractivity contribution >= 4 is 39.2 Å². The highest BCUT2D eigenvalue weighted by Crippen LogP contribution is 2.34. The van der Waals surface area contributed by atoms with Crippen LogP contribution in [0.2, 0.25) is 10.0 Å². The summed E-state index contributed by atoms with van der Waals surface area (Å²) in [6.45, 7) is 0.280. The molecule has 0 aromatic heterocycles. The molecule has 116 valence electrons. The number of carboxylic acid groups (broad SMARTS) is 1. The molecule has 21 heavy (non-hydrogen) atoms. The lowest BCUT2D eigenvalue weighted by Gasteiger charge is -2.34. The van der Waals surface area contributed by atoms with Gasteiger partial charge < -0.3 is 5.11 Å². The average Bonchev–Trinajstić information content (AvgIpc) is 2.37. The van der Waals surface area contributed by atoms with Crippen molar-refractivity contribution in [2.45, 2.75) is 36.6 Å². The summed E-state index contributed by atoms with van der Waals surface area (Å²) in [5.41, 5.74) is 0. The molecule has 1 atom stereocenters. The molecule has 1 aromatic carbocycles. The predicted octanol–water partition coefficient (Wildman–Crippen LogP) is 3.01. The number of nitrogens with zero attached hydrogens (tertiary/aromatic N) is 1. The monoisotopic (exact) mass is 351 g/mol. The van der Waals surface area contributed by atoms with Crippen molar-refractivity contribution < 1.29 is 18.3 Å². The molecule has 1 aliphatic heterocycles. The Balaban J connectivity index is 2.43. The van der Waals surface area contributed by atoms with Crippen molar-refractivity contribution in [3.05, 3.63) is 28.2 Å². The van der Waals surface area contributed by atoms with Gasteiger partial charge in [0.05, 0.1) is 16.5 Å². The molecule has 0 aliphatic carbocycles. The average molecular weight is 352 g/mol. The van der Waals surface area contributed by atoms with E-state index in [1.165, 1.54) is 16.4 Å². The van der Waals surface area contributed by atoms with Gasteiger partial charge in [-0.1, -0.05) is 35.7 Å². The molecule has 0 saturated carbocycles. The van der Waals surface area contributed by atoms with E-state index in [2.05, 4.69) is 0 Å². The Morgan fingerprint density at radius 2 is 1.90 bits per heavy atom. The van der Waals surface area contributed by atoms with Crippen LogP contribution in [0.25, 0.3) is 0 Å². The van der Waals surface area contributed by atoms with Gasteiger partial charge in [0, 0.05) is 12.6 Å². The number of hydrogen-bond donors (Lipinski definition) is 1. The molecule has 1 N–H and O–H groups in total. The molecule has 1 heterocycles. The van der Waals surface area contributed by atoms with E-state index in [0.717, 1.165) is 6.42 Å². The number of piperidine rings is 1. The van der Waals surface area contributed by atoms with Gasteiger partial charge in [0.25, 0.3) is 0 Å². The minimum atomic E-state index is -3.91. The molecule has 1 saturated heterocycles. The first-order valence-electron chi connectivity index (χ1n) is 6.51. The molecule has 1 unspecified atom stereocenters. The zero-order valence-corrected chi connectivity index (χ0v) is 13.5. The molecule has 1 fully saturated rings. The Morgan fingerprint density at radius 3 is 2.48 bits per heavy atom. The molecular weight excluding hydrogens is 337 g/mol. The molecule has 2 rings (SSSR count). The van der Waals surface area contributed by atoms with Gasteiger partial charge >= 0.3 is 5.97 Å². The lowest BCUT2D eigenvalue weighted by molar-refractivity contribution is -0.138. The third kappa shape index (κ3) is 3.51. The SMILES string of the molecule is O=C(O)CC1CCCCN1S(=O)(=O)c1c(Cl)cccc1Cl. The maximum absolute atomic E-state index is 12.8. The molecule has 0 spiro atoms. The van der Waals surface area contributed by atoms with E-state index in [0.29, 0.717) is 12.8 Å². The summed E-state index contributed by atoms with van der Waals surface area (Å²) in [5, 5.41) is 9.04. The number of carboxylic acids is 1. The Morgan fingerprint density at radius 1 is 1.29 bits per heavy atom. The van der Waals surface area contributed by atoms with Crippen LogP contribution in [-0.2, 0) is 14.8 Å². The van der Waals surface area contributed by atoms with Crippen LogP contribution < -0.4 is 0 Å². The normalized spacial score (nSPS) is 20.4. The van der Waals surface area contributed by atoms with Gasteiger partial charge in [-0.3, -0.25) is 4.79 Å². The lowest BCUT2D eigenvalue weighted by Crippen LogP contribution is -2.44. The highest BCUT2D eigenvalue weighted by molar-refractivity contribution is 7.89.